The van der Waals surface area contributed by atoms with E-state index in [1.54, 1.807) is 7.11 Å². The molecule has 0 aliphatic carbocycles. The fourth-order valence-electron chi connectivity index (χ4n) is 3.84. The second-order valence-corrected chi connectivity index (χ2v) is 7.55. The molecule has 1 aliphatic heterocycles. The van der Waals surface area contributed by atoms with Gasteiger partial charge in [-0.3, -0.25) is 4.90 Å². The standard InChI is InChI=1S/C21H25F3N6O2/c1-25-19-15(21(22,23)24)10-26-20(28-19)27-16-9-17-14(8-18(16)31-3)13(11-29(17)2)12-30-4-6-32-7-5-30/h8-11H,4-7,12H2,1-3H3,(H2,25,26,27,28). The number of aryl methyl sites for hydroxylation is 1. The summed E-state index contributed by atoms with van der Waals surface area (Å²) in [6.45, 7) is 4.01. The smallest absolute Gasteiger partial charge is 0.421 e. The predicted molar refractivity (Wildman–Crippen MR) is 115 cm³/mol. The fraction of sp³-hybridized carbons (Fsp3) is 0.429. The third-order valence-corrected chi connectivity index (χ3v) is 5.47. The van der Waals surface area contributed by atoms with Crippen LogP contribution >= 0.6 is 0 Å². The molecular weight excluding hydrogens is 425 g/mol. The topological polar surface area (TPSA) is 76.5 Å². The number of hydrogen-bond acceptors (Lipinski definition) is 7. The quantitative estimate of drug-likeness (QED) is 0.594. The van der Waals surface area contributed by atoms with Crippen molar-refractivity contribution in [1.29, 1.82) is 0 Å². The lowest BCUT2D eigenvalue weighted by molar-refractivity contribution is -0.137. The Morgan fingerprint density at radius 1 is 1.22 bits per heavy atom. The van der Waals surface area contributed by atoms with Crippen molar-refractivity contribution >= 4 is 28.4 Å². The van der Waals surface area contributed by atoms with Crippen LogP contribution in [0, 0.1) is 0 Å². The van der Waals surface area contributed by atoms with E-state index >= 15 is 0 Å². The lowest BCUT2D eigenvalue weighted by Gasteiger charge is -2.26. The monoisotopic (exact) mass is 450 g/mol. The van der Waals surface area contributed by atoms with Gasteiger partial charge in [0.15, 0.2) is 0 Å². The number of ether oxygens (including phenoxy) is 2. The van der Waals surface area contributed by atoms with Gasteiger partial charge in [0.1, 0.15) is 17.1 Å². The van der Waals surface area contributed by atoms with Gasteiger partial charge in [-0.2, -0.15) is 18.2 Å². The highest BCUT2D eigenvalue weighted by molar-refractivity contribution is 5.90. The molecule has 0 saturated carbocycles. The van der Waals surface area contributed by atoms with Gasteiger partial charge in [-0.15, -0.1) is 0 Å². The van der Waals surface area contributed by atoms with Gasteiger partial charge in [0, 0.05) is 51.5 Å². The highest BCUT2D eigenvalue weighted by Gasteiger charge is 2.35. The highest BCUT2D eigenvalue weighted by atomic mass is 19.4. The van der Waals surface area contributed by atoms with E-state index in [-0.39, 0.29) is 11.8 Å². The molecule has 4 rings (SSSR count). The van der Waals surface area contributed by atoms with E-state index in [9.17, 15) is 13.2 Å². The summed E-state index contributed by atoms with van der Waals surface area (Å²) >= 11 is 0. The van der Waals surface area contributed by atoms with E-state index in [1.165, 1.54) is 7.05 Å². The van der Waals surface area contributed by atoms with Crippen molar-refractivity contribution < 1.29 is 22.6 Å². The zero-order valence-electron chi connectivity index (χ0n) is 18.1. The van der Waals surface area contributed by atoms with Crippen LogP contribution in [0.5, 0.6) is 5.75 Å². The number of morpholine rings is 1. The third-order valence-electron chi connectivity index (χ3n) is 5.47. The van der Waals surface area contributed by atoms with Crippen molar-refractivity contribution in [1.82, 2.24) is 19.4 Å². The molecule has 1 saturated heterocycles. The SMILES string of the molecule is CNc1nc(Nc2cc3c(cc2OC)c(CN2CCOCC2)cn3C)ncc1C(F)(F)F. The number of rotatable bonds is 6. The van der Waals surface area contributed by atoms with Gasteiger partial charge >= 0.3 is 6.18 Å². The molecule has 2 aromatic heterocycles. The number of benzene rings is 1. The molecule has 8 nitrogen and oxygen atoms in total. The third kappa shape index (κ3) is 4.44. The van der Waals surface area contributed by atoms with Crippen LogP contribution < -0.4 is 15.4 Å². The van der Waals surface area contributed by atoms with Gasteiger partial charge < -0.3 is 24.7 Å². The Bertz CT molecular complexity index is 1110. The number of methoxy groups -OCH3 is 1. The number of hydrogen-bond donors (Lipinski definition) is 2. The molecule has 0 unspecified atom stereocenters. The van der Waals surface area contributed by atoms with E-state index < -0.39 is 11.7 Å². The molecule has 11 heteroatoms. The predicted octanol–water partition coefficient (Wildman–Crippen LogP) is 3.61. The summed E-state index contributed by atoms with van der Waals surface area (Å²) in [5.74, 6) is 0.269. The first-order valence-corrected chi connectivity index (χ1v) is 10.1. The number of nitrogens with zero attached hydrogens (tertiary/aromatic N) is 4. The van der Waals surface area contributed by atoms with Crippen LogP contribution in [0.15, 0.2) is 24.5 Å². The van der Waals surface area contributed by atoms with Crippen molar-refractivity contribution in [3.63, 3.8) is 0 Å². The van der Waals surface area contributed by atoms with Crippen molar-refractivity contribution in [2.75, 3.05) is 51.1 Å². The summed E-state index contributed by atoms with van der Waals surface area (Å²) in [5.41, 5.74) is 1.75. The molecule has 172 valence electrons. The van der Waals surface area contributed by atoms with Gasteiger partial charge in [0.2, 0.25) is 5.95 Å². The minimum absolute atomic E-state index is 0.0303. The second kappa shape index (κ2) is 8.83. The maximum atomic E-state index is 13.1. The summed E-state index contributed by atoms with van der Waals surface area (Å²) in [6, 6.07) is 3.81. The Balaban J connectivity index is 1.67. The van der Waals surface area contributed by atoms with E-state index in [0.29, 0.717) is 11.4 Å². The zero-order chi connectivity index (χ0) is 22.9. The molecule has 3 heterocycles. The molecule has 1 aromatic carbocycles. The second-order valence-electron chi connectivity index (χ2n) is 7.55. The Labute approximate surface area is 183 Å². The van der Waals surface area contributed by atoms with Crippen molar-refractivity contribution in [3.8, 4) is 5.75 Å². The maximum Gasteiger partial charge on any atom is 0.421 e. The largest absolute Gasteiger partial charge is 0.495 e. The minimum Gasteiger partial charge on any atom is -0.495 e. The molecule has 2 N–H and O–H groups in total. The van der Waals surface area contributed by atoms with Gasteiger partial charge in [-0.1, -0.05) is 0 Å². The molecule has 0 spiro atoms. The Kier molecular flexibility index (Phi) is 6.11. The number of halogens is 3. The molecule has 1 aliphatic rings. The van der Waals surface area contributed by atoms with E-state index in [1.807, 2.05) is 23.7 Å². The summed E-state index contributed by atoms with van der Waals surface area (Å²) in [6.07, 6.45) is -1.71. The van der Waals surface area contributed by atoms with Crippen LogP contribution in [0.3, 0.4) is 0 Å². The van der Waals surface area contributed by atoms with Crippen molar-refractivity contribution in [2.45, 2.75) is 12.7 Å². The van der Waals surface area contributed by atoms with Crippen LogP contribution in [-0.2, 0) is 24.5 Å². The van der Waals surface area contributed by atoms with Crippen LogP contribution in [0.4, 0.5) is 30.6 Å². The molecule has 1 fully saturated rings. The normalized spacial score (nSPS) is 15.2. The number of fused-ring (bicyclic) bond motifs is 1. The molecule has 32 heavy (non-hydrogen) atoms. The molecule has 3 aromatic rings. The van der Waals surface area contributed by atoms with E-state index in [0.717, 1.165) is 55.5 Å². The van der Waals surface area contributed by atoms with E-state index in [2.05, 4.69) is 31.7 Å². The highest BCUT2D eigenvalue weighted by Crippen LogP contribution is 2.36. The number of anilines is 3. The van der Waals surface area contributed by atoms with Gasteiger partial charge in [0.05, 0.1) is 31.5 Å². The number of alkyl halides is 3. The Hall–Kier alpha value is -3.05. The summed E-state index contributed by atoms with van der Waals surface area (Å²) in [5, 5.41) is 6.52. The Morgan fingerprint density at radius 3 is 2.62 bits per heavy atom. The van der Waals surface area contributed by atoms with Crippen LogP contribution in [0.1, 0.15) is 11.1 Å². The van der Waals surface area contributed by atoms with Gasteiger partial charge in [-0.25, -0.2) is 4.98 Å². The lowest BCUT2D eigenvalue weighted by atomic mass is 10.1. The van der Waals surface area contributed by atoms with Crippen molar-refractivity contribution in [3.05, 3.63) is 35.7 Å². The van der Waals surface area contributed by atoms with Crippen LogP contribution in [-0.4, -0.2) is 59.9 Å². The van der Waals surface area contributed by atoms with E-state index in [4.69, 9.17) is 9.47 Å². The van der Waals surface area contributed by atoms with Gasteiger partial charge in [0.25, 0.3) is 0 Å². The molecule has 0 atom stereocenters. The summed E-state index contributed by atoms with van der Waals surface area (Å²) in [4.78, 5) is 10.2. The average molecular weight is 450 g/mol. The number of nitrogens with one attached hydrogen (secondary N) is 2. The summed E-state index contributed by atoms with van der Waals surface area (Å²) in [7, 11) is 4.88. The molecule has 0 bridgehead atoms. The Morgan fingerprint density at radius 2 is 1.97 bits per heavy atom. The lowest BCUT2D eigenvalue weighted by Crippen LogP contribution is -2.35. The first kappa shape index (κ1) is 22.2. The average Bonchev–Trinajstić information content (AvgIpc) is 3.07. The first-order valence-electron chi connectivity index (χ1n) is 10.1. The van der Waals surface area contributed by atoms with Crippen LogP contribution in [0.2, 0.25) is 0 Å². The van der Waals surface area contributed by atoms with Crippen molar-refractivity contribution in [2.24, 2.45) is 7.05 Å². The first-order chi connectivity index (χ1) is 15.3. The molecule has 0 amide bonds. The maximum absolute atomic E-state index is 13.1. The number of aromatic nitrogens is 3. The summed E-state index contributed by atoms with van der Waals surface area (Å²) < 4.78 is 52.4. The van der Waals surface area contributed by atoms with Crippen LogP contribution in [0.25, 0.3) is 10.9 Å². The minimum atomic E-state index is -4.55. The zero-order valence-corrected chi connectivity index (χ0v) is 18.1. The fourth-order valence-corrected chi connectivity index (χ4v) is 3.84. The molecular formula is C21H25F3N6O2. The molecule has 0 radical (unpaired) electrons. The van der Waals surface area contributed by atoms with Gasteiger partial charge in [-0.05, 0) is 17.7 Å².